The Balaban J connectivity index is 1.49. The Morgan fingerprint density at radius 2 is 2.03 bits per heavy atom. The summed E-state index contributed by atoms with van der Waals surface area (Å²) in [6.07, 6.45) is 1.80. The van der Waals surface area contributed by atoms with Gasteiger partial charge in [-0.25, -0.2) is 9.37 Å². The molecule has 1 unspecified atom stereocenters. The van der Waals surface area contributed by atoms with E-state index >= 15 is 0 Å². The summed E-state index contributed by atoms with van der Waals surface area (Å²) in [7, 11) is 1.93. The zero-order chi connectivity index (χ0) is 23.6. The Morgan fingerprint density at radius 1 is 1.21 bits per heavy atom. The van der Waals surface area contributed by atoms with Crippen molar-refractivity contribution in [1.29, 1.82) is 0 Å². The number of aromatic amines is 1. The van der Waals surface area contributed by atoms with E-state index in [1.807, 2.05) is 25.2 Å². The van der Waals surface area contributed by atoms with E-state index in [0.717, 1.165) is 41.9 Å². The molecule has 0 saturated carbocycles. The Bertz CT molecular complexity index is 1120. The van der Waals surface area contributed by atoms with Crippen molar-refractivity contribution in [2.24, 2.45) is 0 Å². The third-order valence-electron chi connectivity index (χ3n) is 6.06. The molecule has 5 nitrogen and oxygen atoms in total. The predicted octanol–water partition coefficient (Wildman–Crippen LogP) is 5.55. The third kappa shape index (κ3) is 5.09. The molecule has 3 N–H and O–H groups in total. The van der Waals surface area contributed by atoms with Crippen LogP contribution in [0.25, 0.3) is 10.9 Å². The Labute approximate surface area is 200 Å². The molecule has 1 atom stereocenters. The summed E-state index contributed by atoms with van der Waals surface area (Å²) in [5.41, 5.74) is 2.83. The molecule has 0 amide bonds. The summed E-state index contributed by atoms with van der Waals surface area (Å²) in [4.78, 5) is 9.81. The van der Waals surface area contributed by atoms with E-state index in [1.54, 1.807) is 0 Å². The molecule has 0 aliphatic carbocycles. The van der Waals surface area contributed by atoms with Crippen LogP contribution in [-0.2, 0) is 12.3 Å². The van der Waals surface area contributed by atoms with Gasteiger partial charge in [0.15, 0.2) is 6.67 Å². The maximum Gasteiger partial charge on any atom is 0.318 e. The number of hydrogen-bond acceptors (Lipinski definition) is 4. The number of H-pyrrole nitrogens is 1. The third-order valence-corrected chi connectivity index (χ3v) is 6.60. The molecule has 0 bridgehead atoms. The van der Waals surface area contributed by atoms with Gasteiger partial charge in [0, 0.05) is 41.3 Å². The zero-order valence-corrected chi connectivity index (χ0v) is 19.7. The van der Waals surface area contributed by atoms with Crippen molar-refractivity contribution >= 4 is 39.9 Å². The van der Waals surface area contributed by atoms with Gasteiger partial charge in [0.25, 0.3) is 0 Å². The molecular formula is C23H26Cl2F3N5. The van der Waals surface area contributed by atoms with Gasteiger partial charge in [-0.1, -0.05) is 23.2 Å². The van der Waals surface area contributed by atoms with Crippen LogP contribution < -0.4 is 10.6 Å². The monoisotopic (exact) mass is 499 g/mol. The van der Waals surface area contributed by atoms with Gasteiger partial charge in [0.1, 0.15) is 11.5 Å². The zero-order valence-electron chi connectivity index (χ0n) is 18.2. The van der Waals surface area contributed by atoms with Crippen LogP contribution in [0.15, 0.2) is 30.3 Å². The molecule has 4 rings (SSSR count). The second kappa shape index (κ2) is 10.1. The number of hydrogen-bond donors (Lipinski definition) is 3. The highest BCUT2D eigenvalue weighted by Crippen LogP contribution is 2.37. The van der Waals surface area contributed by atoms with E-state index in [1.165, 1.54) is 23.4 Å². The summed E-state index contributed by atoms with van der Waals surface area (Å²) in [6, 6.07) is 8.92. The second-order valence-corrected chi connectivity index (χ2v) is 9.04. The fourth-order valence-electron chi connectivity index (χ4n) is 4.45. The van der Waals surface area contributed by atoms with Crippen molar-refractivity contribution in [3.05, 3.63) is 57.3 Å². The first kappa shape index (κ1) is 24.1. The molecule has 0 fully saturated rings. The minimum absolute atomic E-state index is 0.179. The molecule has 178 valence electrons. The molecule has 0 spiro atoms. The fraction of sp³-hybridized carbons (Fsp3) is 0.435. The first-order valence-electron chi connectivity index (χ1n) is 10.9. The molecule has 0 saturated heterocycles. The highest BCUT2D eigenvalue weighted by atomic mass is 35.5. The second-order valence-electron chi connectivity index (χ2n) is 8.19. The quantitative estimate of drug-likeness (QED) is 0.361. The number of alkyl halides is 3. The number of halogens is 5. The maximum absolute atomic E-state index is 13.8. The van der Waals surface area contributed by atoms with Gasteiger partial charge >= 0.3 is 5.92 Å². The van der Waals surface area contributed by atoms with Gasteiger partial charge in [-0.2, -0.15) is 8.78 Å². The standard InChI is InChI=1S/C23H26Cl2F3N5/c1-29-8-6-19-21-15(16-12-14(24)2-4-18(16)31-21)7-10-33(19)11-9-30-20-5-3-17(25)22(32-20)23(27,28)13-26/h2-5,12,19,29,31H,6-11,13H2,1H3,(H,30,32). The summed E-state index contributed by atoms with van der Waals surface area (Å²) in [5.74, 6) is -3.47. The van der Waals surface area contributed by atoms with Crippen molar-refractivity contribution in [1.82, 2.24) is 20.2 Å². The number of pyridine rings is 1. The van der Waals surface area contributed by atoms with Crippen LogP contribution in [0.1, 0.15) is 29.4 Å². The number of benzene rings is 1. The Hall–Kier alpha value is -2.00. The van der Waals surface area contributed by atoms with Crippen LogP contribution >= 0.6 is 23.2 Å². The molecule has 3 heterocycles. The van der Waals surface area contributed by atoms with Gasteiger partial charge in [-0.05, 0) is 62.3 Å². The minimum Gasteiger partial charge on any atom is -0.369 e. The van der Waals surface area contributed by atoms with Gasteiger partial charge in [-0.3, -0.25) is 4.90 Å². The Morgan fingerprint density at radius 3 is 2.79 bits per heavy atom. The van der Waals surface area contributed by atoms with Gasteiger partial charge in [-0.15, -0.1) is 0 Å². The van der Waals surface area contributed by atoms with Gasteiger partial charge in [0.05, 0.1) is 11.1 Å². The van der Waals surface area contributed by atoms with Crippen molar-refractivity contribution in [2.45, 2.75) is 24.8 Å². The smallest absolute Gasteiger partial charge is 0.318 e. The fourth-order valence-corrected chi connectivity index (χ4v) is 4.87. The van der Waals surface area contributed by atoms with Crippen LogP contribution in [0.5, 0.6) is 0 Å². The molecule has 10 heteroatoms. The summed E-state index contributed by atoms with van der Waals surface area (Å²) in [5, 5.41) is 7.93. The van der Waals surface area contributed by atoms with Gasteiger partial charge in [0.2, 0.25) is 0 Å². The molecule has 1 aliphatic heterocycles. The van der Waals surface area contributed by atoms with Gasteiger partial charge < -0.3 is 15.6 Å². The summed E-state index contributed by atoms with van der Waals surface area (Å²) >= 11 is 12.0. The van der Waals surface area contributed by atoms with Crippen molar-refractivity contribution in [3.63, 3.8) is 0 Å². The van der Waals surface area contributed by atoms with Crippen molar-refractivity contribution in [3.8, 4) is 0 Å². The number of fused-ring (bicyclic) bond motifs is 3. The minimum atomic E-state index is -3.71. The summed E-state index contributed by atoms with van der Waals surface area (Å²) < 4.78 is 40.3. The summed E-state index contributed by atoms with van der Waals surface area (Å²) in [6.45, 7) is 1.05. The van der Waals surface area contributed by atoms with E-state index < -0.39 is 18.3 Å². The van der Waals surface area contributed by atoms with Crippen LogP contribution in [0.3, 0.4) is 0 Å². The highest BCUT2D eigenvalue weighted by molar-refractivity contribution is 6.31. The van der Waals surface area contributed by atoms with E-state index in [0.29, 0.717) is 13.1 Å². The average molecular weight is 500 g/mol. The number of nitrogens with zero attached hydrogens (tertiary/aromatic N) is 2. The molecule has 2 aromatic heterocycles. The first-order chi connectivity index (χ1) is 15.8. The average Bonchev–Trinajstić information content (AvgIpc) is 3.17. The first-order valence-corrected chi connectivity index (χ1v) is 11.6. The Kier molecular flexibility index (Phi) is 7.38. The van der Waals surface area contributed by atoms with E-state index in [9.17, 15) is 13.2 Å². The normalized spacial score (nSPS) is 16.8. The maximum atomic E-state index is 13.8. The SMILES string of the molecule is CNCCC1c2[nH]c3ccc(Cl)cc3c2CCN1CCNc1ccc(Cl)c(C(F)(F)CF)n1. The van der Waals surface area contributed by atoms with Crippen LogP contribution in [0, 0.1) is 0 Å². The van der Waals surface area contributed by atoms with Crippen molar-refractivity contribution in [2.75, 3.05) is 45.2 Å². The number of anilines is 1. The molecule has 1 aliphatic rings. The van der Waals surface area contributed by atoms with Crippen LogP contribution in [0.2, 0.25) is 10.0 Å². The molecule has 33 heavy (non-hydrogen) atoms. The predicted molar refractivity (Wildman–Crippen MR) is 127 cm³/mol. The topological polar surface area (TPSA) is 56.0 Å². The largest absolute Gasteiger partial charge is 0.369 e. The van der Waals surface area contributed by atoms with Crippen molar-refractivity contribution < 1.29 is 13.2 Å². The lowest BCUT2D eigenvalue weighted by molar-refractivity contribution is -0.0319. The lowest BCUT2D eigenvalue weighted by atomic mass is 9.95. The lowest BCUT2D eigenvalue weighted by Crippen LogP contribution is -2.39. The van der Waals surface area contributed by atoms with E-state index in [2.05, 4.69) is 25.5 Å². The number of aromatic nitrogens is 2. The molecular weight excluding hydrogens is 474 g/mol. The number of rotatable bonds is 9. The van der Waals surface area contributed by atoms with E-state index in [4.69, 9.17) is 23.2 Å². The van der Waals surface area contributed by atoms with Crippen LogP contribution in [0.4, 0.5) is 19.0 Å². The molecule has 3 aromatic rings. The van der Waals surface area contributed by atoms with Crippen LogP contribution in [-0.4, -0.2) is 54.8 Å². The highest BCUT2D eigenvalue weighted by Gasteiger charge is 2.36. The lowest BCUT2D eigenvalue weighted by Gasteiger charge is -2.36. The number of nitrogens with one attached hydrogen (secondary N) is 3. The molecule has 1 aromatic carbocycles. The van der Waals surface area contributed by atoms with E-state index in [-0.39, 0.29) is 16.9 Å². The molecule has 0 radical (unpaired) electrons.